The number of nitrogens with zero attached hydrogens (tertiary/aromatic N) is 1. The predicted molar refractivity (Wildman–Crippen MR) is 130 cm³/mol. The normalized spacial score (nSPS) is 10.9. The van der Waals surface area contributed by atoms with Crippen LogP contribution in [0.3, 0.4) is 0 Å². The highest BCUT2D eigenvalue weighted by Gasteiger charge is 2.14. The minimum atomic E-state index is -1.57. The molecule has 0 saturated heterocycles. The van der Waals surface area contributed by atoms with Gasteiger partial charge >= 0.3 is 0 Å². The number of hydroxylamine groups is 1. The summed E-state index contributed by atoms with van der Waals surface area (Å²) < 4.78 is 47.4. The Balaban J connectivity index is 1.47. The van der Waals surface area contributed by atoms with E-state index in [0.29, 0.717) is 24.3 Å². The highest BCUT2D eigenvalue weighted by molar-refractivity contribution is 5.93. The van der Waals surface area contributed by atoms with Gasteiger partial charge in [-0.2, -0.15) is 0 Å². The fourth-order valence-electron chi connectivity index (χ4n) is 4.12. The van der Waals surface area contributed by atoms with Gasteiger partial charge in [-0.1, -0.05) is 12.1 Å². The van der Waals surface area contributed by atoms with E-state index in [2.05, 4.69) is 5.32 Å². The van der Waals surface area contributed by atoms with Gasteiger partial charge in [-0.3, -0.25) is 14.8 Å². The highest BCUT2D eigenvalue weighted by atomic mass is 19.2. The Hall–Kier alpha value is -4.31. The lowest BCUT2D eigenvalue weighted by molar-refractivity contribution is -0.120. The number of halogens is 3. The molecule has 0 atom stereocenters. The first kappa shape index (κ1) is 25.8. The lowest BCUT2D eigenvalue weighted by Crippen LogP contribution is -2.27. The number of fused-ring (bicyclic) bond motifs is 1. The van der Waals surface area contributed by atoms with E-state index in [0.717, 1.165) is 34.2 Å². The summed E-state index contributed by atoms with van der Waals surface area (Å²) in [6.07, 6.45) is 2.16. The van der Waals surface area contributed by atoms with Crippen molar-refractivity contribution in [1.29, 1.82) is 0 Å². The third-order valence-electron chi connectivity index (χ3n) is 5.97. The molecule has 192 valence electrons. The smallest absolute Gasteiger partial charge is 0.274 e. The molecule has 1 aromatic heterocycles. The van der Waals surface area contributed by atoms with E-state index in [-0.39, 0.29) is 18.5 Å². The molecule has 0 bridgehead atoms. The van der Waals surface area contributed by atoms with Gasteiger partial charge in [0.15, 0.2) is 17.5 Å². The number of carbonyl (C=O) groups excluding carboxylic acids is 2. The van der Waals surface area contributed by atoms with Crippen LogP contribution in [0.4, 0.5) is 13.2 Å². The number of aromatic nitrogens is 1. The van der Waals surface area contributed by atoms with Gasteiger partial charge in [0.25, 0.3) is 5.91 Å². The van der Waals surface area contributed by atoms with Crippen LogP contribution >= 0.6 is 0 Å². The number of rotatable bonds is 9. The Morgan fingerprint density at radius 1 is 0.973 bits per heavy atom. The highest BCUT2D eigenvalue weighted by Crippen LogP contribution is 2.27. The number of benzene rings is 3. The molecular formula is C27H24F3N3O4. The predicted octanol–water partition coefficient (Wildman–Crippen LogP) is 4.14. The Labute approximate surface area is 210 Å². The van der Waals surface area contributed by atoms with Crippen molar-refractivity contribution in [2.75, 3.05) is 13.7 Å². The molecule has 0 aliphatic heterocycles. The monoisotopic (exact) mass is 511 g/mol. The van der Waals surface area contributed by atoms with Gasteiger partial charge in [-0.05, 0) is 65.6 Å². The Morgan fingerprint density at radius 2 is 1.68 bits per heavy atom. The van der Waals surface area contributed by atoms with E-state index in [1.807, 2.05) is 29.0 Å². The van der Waals surface area contributed by atoms with Crippen LogP contribution in [0, 0.1) is 17.5 Å². The molecule has 0 unspecified atom stereocenters. The average molecular weight is 512 g/mol. The number of hydrogen-bond donors (Lipinski definition) is 3. The Kier molecular flexibility index (Phi) is 7.78. The molecule has 3 N–H and O–H groups in total. The van der Waals surface area contributed by atoms with Gasteiger partial charge in [0.05, 0.1) is 13.5 Å². The molecule has 10 heteroatoms. The topological polar surface area (TPSA) is 92.6 Å². The van der Waals surface area contributed by atoms with Crippen molar-refractivity contribution in [1.82, 2.24) is 15.4 Å². The molecule has 4 rings (SSSR count). The van der Waals surface area contributed by atoms with Gasteiger partial charge in [-0.25, -0.2) is 18.7 Å². The van der Waals surface area contributed by atoms with Crippen LogP contribution in [0.5, 0.6) is 5.75 Å². The lowest BCUT2D eigenvalue weighted by atomic mass is 10.1. The quantitative estimate of drug-likeness (QED) is 0.179. The first-order valence-corrected chi connectivity index (χ1v) is 11.4. The maximum atomic E-state index is 13.4. The standard InChI is InChI=1S/C27H24F3N3O4/c1-37-20-6-7-24-21(13-20)19(15-33(24)14-16-2-4-18(5-3-16)27(35)32-36)8-9-31-25(34)12-17-10-22(28)26(30)23(29)11-17/h2-7,10-11,13,15,36H,8-9,12,14H2,1H3,(H,31,34)(H,32,35). The second-order valence-corrected chi connectivity index (χ2v) is 8.45. The molecule has 7 nitrogen and oxygen atoms in total. The van der Waals surface area contributed by atoms with Crippen molar-refractivity contribution in [2.45, 2.75) is 19.4 Å². The molecule has 2 amide bonds. The van der Waals surface area contributed by atoms with Crippen LogP contribution < -0.4 is 15.5 Å². The zero-order valence-electron chi connectivity index (χ0n) is 19.9. The number of methoxy groups -OCH3 is 1. The summed E-state index contributed by atoms with van der Waals surface area (Å²) in [6, 6.07) is 14.1. The molecule has 4 aromatic rings. The fourth-order valence-corrected chi connectivity index (χ4v) is 4.12. The molecule has 0 saturated carbocycles. The summed E-state index contributed by atoms with van der Waals surface area (Å²) in [5, 5.41) is 12.5. The SMILES string of the molecule is COc1ccc2c(c1)c(CCNC(=O)Cc1cc(F)c(F)c(F)c1)cn2Cc1ccc(C(=O)NO)cc1. The van der Waals surface area contributed by atoms with Crippen LogP contribution in [-0.2, 0) is 24.2 Å². The van der Waals surface area contributed by atoms with E-state index >= 15 is 0 Å². The maximum absolute atomic E-state index is 13.4. The molecule has 0 aliphatic carbocycles. The summed E-state index contributed by atoms with van der Waals surface area (Å²) >= 11 is 0. The third-order valence-corrected chi connectivity index (χ3v) is 5.97. The molecule has 0 radical (unpaired) electrons. The Morgan fingerprint density at radius 3 is 2.32 bits per heavy atom. The van der Waals surface area contributed by atoms with Crippen LogP contribution in [0.15, 0.2) is 60.8 Å². The third kappa shape index (κ3) is 5.92. The van der Waals surface area contributed by atoms with Crippen molar-refractivity contribution in [3.8, 4) is 5.75 Å². The number of carbonyl (C=O) groups is 2. The molecular weight excluding hydrogens is 487 g/mol. The van der Waals surface area contributed by atoms with E-state index in [9.17, 15) is 22.8 Å². The lowest BCUT2D eigenvalue weighted by Gasteiger charge is -2.07. The molecule has 37 heavy (non-hydrogen) atoms. The van der Waals surface area contributed by atoms with Gasteiger partial charge in [0.1, 0.15) is 5.75 Å². The molecule has 0 spiro atoms. The van der Waals surface area contributed by atoms with Gasteiger partial charge < -0.3 is 14.6 Å². The van der Waals surface area contributed by atoms with Crippen molar-refractivity contribution >= 4 is 22.7 Å². The van der Waals surface area contributed by atoms with E-state index in [1.54, 1.807) is 36.9 Å². The van der Waals surface area contributed by atoms with Crippen molar-refractivity contribution < 1.29 is 32.7 Å². The van der Waals surface area contributed by atoms with E-state index in [4.69, 9.17) is 9.94 Å². The second kappa shape index (κ2) is 11.2. The van der Waals surface area contributed by atoms with E-state index < -0.39 is 29.3 Å². The van der Waals surface area contributed by atoms with Crippen LogP contribution in [0.2, 0.25) is 0 Å². The van der Waals surface area contributed by atoms with Crippen LogP contribution in [-0.4, -0.2) is 35.2 Å². The second-order valence-electron chi connectivity index (χ2n) is 8.45. The minimum Gasteiger partial charge on any atom is -0.497 e. The zero-order chi connectivity index (χ0) is 26.5. The summed E-state index contributed by atoms with van der Waals surface area (Å²) in [4.78, 5) is 23.9. The first-order chi connectivity index (χ1) is 17.8. The van der Waals surface area contributed by atoms with Gasteiger partial charge in [0.2, 0.25) is 5.91 Å². The number of nitrogens with one attached hydrogen (secondary N) is 2. The molecule has 3 aromatic carbocycles. The molecule has 0 fully saturated rings. The summed E-state index contributed by atoms with van der Waals surface area (Å²) in [5.41, 5.74) is 4.79. The van der Waals surface area contributed by atoms with Crippen LogP contribution in [0.25, 0.3) is 10.9 Å². The van der Waals surface area contributed by atoms with Crippen LogP contribution in [0.1, 0.15) is 27.0 Å². The van der Waals surface area contributed by atoms with Gasteiger partial charge in [-0.15, -0.1) is 0 Å². The van der Waals surface area contributed by atoms with Gasteiger partial charge in [0, 0.05) is 35.8 Å². The molecule has 0 aliphatic rings. The first-order valence-electron chi connectivity index (χ1n) is 11.4. The number of amides is 2. The number of ether oxygens (including phenoxy) is 1. The summed E-state index contributed by atoms with van der Waals surface area (Å²) in [6.45, 7) is 0.782. The van der Waals surface area contributed by atoms with Crippen molar-refractivity contribution in [3.05, 3.63) is 100 Å². The average Bonchev–Trinajstić information content (AvgIpc) is 3.23. The zero-order valence-corrected chi connectivity index (χ0v) is 19.9. The van der Waals surface area contributed by atoms with E-state index in [1.165, 1.54) is 0 Å². The largest absolute Gasteiger partial charge is 0.497 e. The Bertz CT molecular complexity index is 1430. The minimum absolute atomic E-state index is 0.0396. The fraction of sp³-hybridized carbons (Fsp3) is 0.185. The van der Waals surface area contributed by atoms with Crippen molar-refractivity contribution in [3.63, 3.8) is 0 Å². The van der Waals surface area contributed by atoms with Crippen molar-refractivity contribution in [2.24, 2.45) is 0 Å². The summed E-state index contributed by atoms with van der Waals surface area (Å²) in [5.74, 6) is -4.60. The summed E-state index contributed by atoms with van der Waals surface area (Å²) in [7, 11) is 1.57. The molecule has 1 heterocycles. The maximum Gasteiger partial charge on any atom is 0.274 e. The number of hydrogen-bond acceptors (Lipinski definition) is 4.